The number of halogens is 1. The summed E-state index contributed by atoms with van der Waals surface area (Å²) in [6, 6.07) is 19.5. The van der Waals surface area contributed by atoms with Gasteiger partial charge in [-0.05, 0) is 67.9 Å². The third-order valence-electron chi connectivity index (χ3n) is 6.16. The van der Waals surface area contributed by atoms with Crippen molar-refractivity contribution in [2.24, 2.45) is 5.92 Å². The largest absolute Gasteiger partial charge is 0.497 e. The number of nitrogens with one attached hydrogen (secondary N) is 1. The molecular weight excluding hydrogens is 433 g/mol. The van der Waals surface area contributed by atoms with Crippen LogP contribution in [0.1, 0.15) is 30.1 Å². The topological polar surface area (TPSA) is 63.7 Å². The average molecular weight is 464 g/mol. The van der Waals surface area contributed by atoms with E-state index in [-0.39, 0.29) is 29.4 Å². The summed E-state index contributed by atoms with van der Waals surface area (Å²) in [5.41, 5.74) is 1.71. The lowest BCUT2D eigenvalue weighted by Gasteiger charge is -2.32. The number of amides is 1. The molecule has 1 saturated heterocycles. The summed E-state index contributed by atoms with van der Waals surface area (Å²) >= 11 is 0. The Morgan fingerprint density at radius 1 is 1.12 bits per heavy atom. The maximum absolute atomic E-state index is 13.7. The van der Waals surface area contributed by atoms with Gasteiger partial charge in [0.25, 0.3) is 0 Å². The van der Waals surface area contributed by atoms with Crippen LogP contribution in [-0.2, 0) is 4.79 Å². The van der Waals surface area contributed by atoms with Crippen molar-refractivity contribution < 1.29 is 18.7 Å². The molecule has 6 nitrogen and oxygen atoms in total. The third kappa shape index (κ3) is 6.11. The predicted molar refractivity (Wildman–Crippen MR) is 128 cm³/mol. The number of likely N-dealkylation sites (tertiary alicyclic amines) is 1. The van der Waals surface area contributed by atoms with Crippen molar-refractivity contribution in [2.45, 2.75) is 18.9 Å². The van der Waals surface area contributed by atoms with Crippen LogP contribution >= 0.6 is 0 Å². The highest BCUT2D eigenvalue weighted by Gasteiger charge is 2.28. The second kappa shape index (κ2) is 11.6. The van der Waals surface area contributed by atoms with Crippen molar-refractivity contribution in [3.63, 3.8) is 0 Å². The second-order valence-electron chi connectivity index (χ2n) is 8.37. The van der Waals surface area contributed by atoms with E-state index in [1.165, 1.54) is 6.07 Å². The Morgan fingerprint density at radius 2 is 1.91 bits per heavy atom. The van der Waals surface area contributed by atoms with Crippen LogP contribution in [0.3, 0.4) is 0 Å². The van der Waals surface area contributed by atoms with E-state index in [4.69, 9.17) is 9.47 Å². The zero-order chi connectivity index (χ0) is 23.8. The molecule has 1 amide bonds. The summed E-state index contributed by atoms with van der Waals surface area (Å²) < 4.78 is 24.6. The highest BCUT2D eigenvalue weighted by atomic mass is 19.1. The van der Waals surface area contributed by atoms with Crippen LogP contribution in [0.15, 0.2) is 72.9 Å². The molecule has 178 valence electrons. The lowest BCUT2D eigenvalue weighted by Crippen LogP contribution is -2.43. The number of carbonyl (C=O) groups excluding carboxylic acids is 1. The number of pyridine rings is 1. The van der Waals surface area contributed by atoms with Gasteiger partial charge in [-0.25, -0.2) is 4.39 Å². The van der Waals surface area contributed by atoms with Gasteiger partial charge in [-0.1, -0.05) is 30.3 Å². The van der Waals surface area contributed by atoms with Crippen molar-refractivity contribution in [3.05, 3.63) is 90.0 Å². The molecule has 1 atom stereocenters. The van der Waals surface area contributed by atoms with Crippen molar-refractivity contribution in [3.8, 4) is 11.5 Å². The summed E-state index contributed by atoms with van der Waals surface area (Å²) in [5.74, 6) is 0.617. The Labute approximate surface area is 199 Å². The van der Waals surface area contributed by atoms with Crippen LogP contribution in [0.5, 0.6) is 11.5 Å². The Morgan fingerprint density at radius 3 is 2.65 bits per heavy atom. The fourth-order valence-corrected chi connectivity index (χ4v) is 4.22. The zero-order valence-electron chi connectivity index (χ0n) is 19.3. The van der Waals surface area contributed by atoms with Gasteiger partial charge in [-0.2, -0.15) is 0 Å². The average Bonchev–Trinajstić information content (AvgIpc) is 2.89. The molecule has 1 fully saturated rings. The molecule has 34 heavy (non-hydrogen) atoms. The number of methoxy groups -OCH3 is 1. The standard InChI is InChI=1S/C27H30FN3O3/c1-33-22-8-6-7-21(19-22)26(24-10-4-5-14-29-24)30-27(32)20-12-15-31(16-13-20)17-18-34-25-11-3-2-9-23(25)28/h2-11,14,19-20,26H,12-13,15-18H2,1H3,(H,30,32). The van der Waals surface area contributed by atoms with E-state index in [1.807, 2.05) is 42.5 Å². The number of nitrogens with zero attached hydrogens (tertiary/aromatic N) is 2. The number of rotatable bonds is 9. The molecule has 1 unspecified atom stereocenters. The molecule has 1 aliphatic rings. The minimum atomic E-state index is -0.351. The van der Waals surface area contributed by atoms with Gasteiger partial charge in [0.15, 0.2) is 11.6 Å². The van der Waals surface area contributed by atoms with Gasteiger partial charge >= 0.3 is 0 Å². The summed E-state index contributed by atoms with van der Waals surface area (Å²) in [6.07, 6.45) is 3.26. The Balaban J connectivity index is 1.32. The number of hydrogen-bond acceptors (Lipinski definition) is 5. The van der Waals surface area contributed by atoms with E-state index in [0.717, 1.165) is 42.9 Å². The first-order valence-corrected chi connectivity index (χ1v) is 11.6. The molecule has 0 bridgehead atoms. The normalized spacial score (nSPS) is 15.5. The first kappa shape index (κ1) is 23.7. The molecule has 0 radical (unpaired) electrons. The van der Waals surface area contributed by atoms with Crippen LogP contribution in [-0.4, -0.2) is 49.1 Å². The quantitative estimate of drug-likeness (QED) is 0.515. The molecule has 2 heterocycles. The van der Waals surface area contributed by atoms with E-state index < -0.39 is 0 Å². The minimum Gasteiger partial charge on any atom is -0.497 e. The summed E-state index contributed by atoms with van der Waals surface area (Å²) in [6.45, 7) is 2.71. The summed E-state index contributed by atoms with van der Waals surface area (Å²) in [5, 5.41) is 3.21. The maximum atomic E-state index is 13.7. The first-order valence-electron chi connectivity index (χ1n) is 11.6. The number of ether oxygens (including phenoxy) is 2. The monoisotopic (exact) mass is 463 g/mol. The Hall–Kier alpha value is -3.45. The molecule has 3 aromatic rings. The molecule has 0 saturated carbocycles. The number of piperidine rings is 1. The van der Waals surface area contributed by atoms with E-state index in [1.54, 1.807) is 31.5 Å². The highest BCUT2D eigenvalue weighted by molar-refractivity contribution is 5.79. The van der Waals surface area contributed by atoms with Crippen molar-refractivity contribution in [1.82, 2.24) is 15.2 Å². The highest BCUT2D eigenvalue weighted by Crippen LogP contribution is 2.26. The van der Waals surface area contributed by atoms with Crippen LogP contribution in [0.4, 0.5) is 4.39 Å². The molecule has 1 aromatic heterocycles. The van der Waals surface area contributed by atoms with Gasteiger partial charge in [0.05, 0.1) is 18.8 Å². The zero-order valence-corrected chi connectivity index (χ0v) is 19.3. The van der Waals surface area contributed by atoms with Gasteiger partial charge < -0.3 is 14.8 Å². The van der Waals surface area contributed by atoms with E-state index >= 15 is 0 Å². The second-order valence-corrected chi connectivity index (χ2v) is 8.37. The fraction of sp³-hybridized carbons (Fsp3) is 0.333. The molecule has 4 rings (SSSR count). The van der Waals surface area contributed by atoms with Crippen LogP contribution in [0.25, 0.3) is 0 Å². The molecule has 2 aromatic carbocycles. The predicted octanol–water partition coefficient (Wildman–Crippen LogP) is 4.23. The smallest absolute Gasteiger partial charge is 0.224 e. The van der Waals surface area contributed by atoms with E-state index in [9.17, 15) is 9.18 Å². The number of hydrogen-bond donors (Lipinski definition) is 1. The number of carbonyl (C=O) groups is 1. The third-order valence-corrected chi connectivity index (χ3v) is 6.16. The van der Waals surface area contributed by atoms with Crippen LogP contribution in [0, 0.1) is 11.7 Å². The molecule has 7 heteroatoms. The van der Waals surface area contributed by atoms with Crippen molar-refractivity contribution in [2.75, 3.05) is 33.4 Å². The Bertz CT molecular complexity index is 1070. The van der Waals surface area contributed by atoms with Gasteiger partial charge in [0, 0.05) is 18.7 Å². The van der Waals surface area contributed by atoms with Crippen LogP contribution < -0.4 is 14.8 Å². The first-order chi connectivity index (χ1) is 16.6. The van der Waals surface area contributed by atoms with E-state index in [0.29, 0.717) is 13.2 Å². The molecule has 0 spiro atoms. The number of aromatic nitrogens is 1. The fourth-order valence-electron chi connectivity index (χ4n) is 4.22. The van der Waals surface area contributed by atoms with Crippen LogP contribution in [0.2, 0.25) is 0 Å². The van der Waals surface area contributed by atoms with Crippen molar-refractivity contribution in [1.29, 1.82) is 0 Å². The van der Waals surface area contributed by atoms with E-state index in [2.05, 4.69) is 15.2 Å². The summed E-state index contributed by atoms with van der Waals surface area (Å²) in [4.78, 5) is 19.9. The molecule has 0 aliphatic carbocycles. The van der Waals surface area contributed by atoms with Gasteiger partial charge in [0.2, 0.25) is 5.91 Å². The number of benzene rings is 2. The molecule has 1 aliphatic heterocycles. The van der Waals surface area contributed by atoms with Gasteiger partial charge in [0.1, 0.15) is 12.4 Å². The SMILES string of the molecule is COc1cccc(C(NC(=O)C2CCN(CCOc3ccccc3F)CC2)c2ccccn2)c1. The minimum absolute atomic E-state index is 0.0285. The molecular formula is C27H30FN3O3. The number of para-hydroxylation sites is 1. The summed E-state index contributed by atoms with van der Waals surface area (Å²) in [7, 11) is 1.63. The lowest BCUT2D eigenvalue weighted by molar-refractivity contribution is -0.127. The lowest BCUT2D eigenvalue weighted by atomic mass is 9.94. The van der Waals surface area contributed by atoms with Gasteiger partial charge in [-0.3, -0.25) is 14.7 Å². The Kier molecular flexibility index (Phi) is 8.09. The molecule has 1 N–H and O–H groups in total. The van der Waals surface area contributed by atoms with Gasteiger partial charge in [-0.15, -0.1) is 0 Å². The maximum Gasteiger partial charge on any atom is 0.224 e. The van der Waals surface area contributed by atoms with Crippen molar-refractivity contribution >= 4 is 5.91 Å².